The number of carbonyl (C=O) groups is 1. The number of hydrogen-bond acceptors (Lipinski definition) is 4. The number of carboxylic acids is 1. The first-order valence-corrected chi connectivity index (χ1v) is 5.65. The van der Waals surface area contributed by atoms with Crippen molar-refractivity contribution in [2.75, 3.05) is 47.4 Å². The molecule has 1 saturated heterocycles. The van der Waals surface area contributed by atoms with Gasteiger partial charge in [0.25, 0.3) is 0 Å². The van der Waals surface area contributed by atoms with Crippen LogP contribution in [0.25, 0.3) is 0 Å². The predicted octanol–water partition coefficient (Wildman–Crippen LogP) is -0.0305. The van der Waals surface area contributed by atoms with Gasteiger partial charge in [-0.25, -0.2) is 0 Å². The van der Waals surface area contributed by atoms with Gasteiger partial charge in [0.1, 0.15) is 6.04 Å². The average molecular weight is 230 g/mol. The van der Waals surface area contributed by atoms with Crippen molar-refractivity contribution in [3.63, 3.8) is 0 Å². The van der Waals surface area contributed by atoms with Crippen molar-refractivity contribution in [3.05, 3.63) is 0 Å². The molecule has 1 heterocycles. The van der Waals surface area contributed by atoms with Gasteiger partial charge in [-0.05, 0) is 33.0 Å². The topological polar surface area (TPSA) is 53.0 Å². The predicted molar refractivity (Wildman–Crippen MR) is 61.5 cm³/mol. The van der Waals surface area contributed by atoms with Gasteiger partial charge in [0.05, 0.1) is 6.61 Å². The van der Waals surface area contributed by atoms with Crippen LogP contribution in [0.4, 0.5) is 0 Å². The molecule has 0 aromatic rings. The Morgan fingerprint density at radius 1 is 1.69 bits per heavy atom. The Bertz CT molecular complexity index is 235. The van der Waals surface area contributed by atoms with E-state index in [-0.39, 0.29) is 6.61 Å². The van der Waals surface area contributed by atoms with Crippen LogP contribution in [-0.4, -0.2) is 74.4 Å². The Morgan fingerprint density at radius 2 is 2.38 bits per heavy atom. The lowest BCUT2D eigenvalue weighted by Gasteiger charge is -2.26. The summed E-state index contributed by atoms with van der Waals surface area (Å²) in [6.07, 6.45) is 1.15. The van der Waals surface area contributed by atoms with E-state index in [4.69, 9.17) is 9.84 Å². The third-order valence-corrected chi connectivity index (χ3v) is 3.18. The fraction of sp³-hybridized carbons (Fsp3) is 0.909. The van der Waals surface area contributed by atoms with Gasteiger partial charge in [0, 0.05) is 20.2 Å². The number of carboxylic acid groups (broad SMARTS) is 1. The molecule has 16 heavy (non-hydrogen) atoms. The molecule has 1 fully saturated rings. The third kappa shape index (κ3) is 3.73. The van der Waals surface area contributed by atoms with Crippen LogP contribution in [-0.2, 0) is 9.53 Å². The van der Waals surface area contributed by atoms with Crippen LogP contribution in [0.5, 0.6) is 0 Å². The molecule has 0 bridgehead atoms. The molecular formula is C11H22N2O3. The fourth-order valence-electron chi connectivity index (χ4n) is 2.25. The highest BCUT2D eigenvalue weighted by Crippen LogP contribution is 2.16. The minimum atomic E-state index is -0.810. The van der Waals surface area contributed by atoms with Crippen molar-refractivity contribution in [1.29, 1.82) is 0 Å². The molecule has 1 rings (SSSR count). The highest BCUT2D eigenvalue weighted by molar-refractivity contribution is 5.73. The zero-order chi connectivity index (χ0) is 12.1. The lowest BCUT2D eigenvalue weighted by atomic mass is 10.1. The molecule has 0 aromatic heterocycles. The molecule has 1 aliphatic heterocycles. The van der Waals surface area contributed by atoms with Crippen molar-refractivity contribution in [1.82, 2.24) is 9.80 Å². The van der Waals surface area contributed by atoms with E-state index >= 15 is 0 Å². The van der Waals surface area contributed by atoms with Crippen LogP contribution in [0.3, 0.4) is 0 Å². The Kier molecular flexibility index (Phi) is 5.18. The molecule has 0 aliphatic carbocycles. The second-order valence-corrected chi connectivity index (χ2v) is 4.67. The summed E-state index contributed by atoms with van der Waals surface area (Å²) in [5.41, 5.74) is 0. The van der Waals surface area contributed by atoms with Crippen LogP contribution in [0.2, 0.25) is 0 Å². The van der Waals surface area contributed by atoms with E-state index in [9.17, 15) is 4.79 Å². The number of likely N-dealkylation sites (N-methyl/N-ethyl adjacent to an activating group) is 1. The Morgan fingerprint density at radius 3 is 2.81 bits per heavy atom. The smallest absolute Gasteiger partial charge is 0.323 e. The van der Waals surface area contributed by atoms with E-state index in [1.807, 2.05) is 11.9 Å². The van der Waals surface area contributed by atoms with E-state index in [2.05, 4.69) is 11.9 Å². The molecule has 0 amide bonds. The van der Waals surface area contributed by atoms with Gasteiger partial charge in [-0.15, -0.1) is 0 Å². The first kappa shape index (κ1) is 13.4. The number of rotatable bonds is 6. The summed E-state index contributed by atoms with van der Waals surface area (Å²) in [7, 11) is 5.49. The highest BCUT2D eigenvalue weighted by Gasteiger charge is 2.27. The SMILES string of the molecule is COCC(C(=O)O)N(C)CC1CCN(C)C1. The zero-order valence-corrected chi connectivity index (χ0v) is 10.3. The third-order valence-electron chi connectivity index (χ3n) is 3.18. The minimum Gasteiger partial charge on any atom is -0.480 e. The van der Waals surface area contributed by atoms with Gasteiger partial charge >= 0.3 is 5.97 Å². The van der Waals surface area contributed by atoms with E-state index in [0.29, 0.717) is 5.92 Å². The van der Waals surface area contributed by atoms with Crippen LogP contribution in [0, 0.1) is 5.92 Å². The summed E-state index contributed by atoms with van der Waals surface area (Å²) in [6, 6.07) is -0.532. The van der Waals surface area contributed by atoms with Gasteiger partial charge in [-0.2, -0.15) is 0 Å². The Labute approximate surface area is 97.0 Å². The van der Waals surface area contributed by atoms with Gasteiger partial charge in [-0.1, -0.05) is 0 Å². The summed E-state index contributed by atoms with van der Waals surface area (Å²) in [4.78, 5) is 15.2. The normalized spacial score (nSPS) is 23.9. The molecule has 2 atom stereocenters. The average Bonchev–Trinajstić information content (AvgIpc) is 2.59. The molecule has 0 radical (unpaired) electrons. The maximum Gasteiger partial charge on any atom is 0.323 e. The monoisotopic (exact) mass is 230 g/mol. The lowest BCUT2D eigenvalue weighted by Crippen LogP contribution is -2.44. The Hall–Kier alpha value is -0.650. The lowest BCUT2D eigenvalue weighted by molar-refractivity contribution is -0.144. The summed E-state index contributed by atoms with van der Waals surface area (Å²) in [5, 5.41) is 9.07. The molecule has 5 heteroatoms. The molecule has 0 spiro atoms. The second-order valence-electron chi connectivity index (χ2n) is 4.67. The van der Waals surface area contributed by atoms with Gasteiger partial charge in [0.15, 0.2) is 0 Å². The second kappa shape index (κ2) is 6.18. The summed E-state index contributed by atoms with van der Waals surface area (Å²) in [5.74, 6) is -0.232. The molecular weight excluding hydrogens is 208 g/mol. The van der Waals surface area contributed by atoms with E-state index in [1.165, 1.54) is 7.11 Å². The minimum absolute atomic E-state index is 0.244. The van der Waals surface area contributed by atoms with E-state index in [0.717, 1.165) is 26.1 Å². The van der Waals surface area contributed by atoms with Crippen LogP contribution < -0.4 is 0 Å². The number of ether oxygens (including phenoxy) is 1. The molecule has 0 aromatic carbocycles. The fourth-order valence-corrected chi connectivity index (χ4v) is 2.25. The molecule has 2 unspecified atom stereocenters. The maximum absolute atomic E-state index is 11.0. The van der Waals surface area contributed by atoms with Crippen LogP contribution in [0.1, 0.15) is 6.42 Å². The van der Waals surface area contributed by atoms with Crippen LogP contribution in [0.15, 0.2) is 0 Å². The molecule has 1 aliphatic rings. The molecule has 94 valence electrons. The number of aliphatic carboxylic acids is 1. The number of nitrogens with zero attached hydrogens (tertiary/aromatic N) is 2. The van der Waals surface area contributed by atoms with Crippen molar-refractivity contribution in [2.24, 2.45) is 5.92 Å². The summed E-state index contributed by atoms with van der Waals surface area (Å²) < 4.78 is 4.94. The zero-order valence-electron chi connectivity index (χ0n) is 10.3. The Balaban J connectivity index is 2.42. The first-order chi connectivity index (χ1) is 7.54. The quantitative estimate of drug-likeness (QED) is 0.694. The maximum atomic E-state index is 11.0. The molecule has 0 saturated carbocycles. The standard InChI is InChI=1S/C11H22N2O3/c1-12-5-4-9(6-12)7-13(2)10(8-16-3)11(14)15/h9-10H,4-8H2,1-3H3,(H,14,15). The molecule has 5 nitrogen and oxygen atoms in total. The largest absolute Gasteiger partial charge is 0.480 e. The summed E-state index contributed by atoms with van der Waals surface area (Å²) >= 11 is 0. The van der Waals surface area contributed by atoms with Gasteiger partial charge in [0.2, 0.25) is 0 Å². The number of likely N-dealkylation sites (tertiary alicyclic amines) is 1. The van der Waals surface area contributed by atoms with E-state index in [1.54, 1.807) is 0 Å². The van der Waals surface area contributed by atoms with Crippen molar-refractivity contribution in [2.45, 2.75) is 12.5 Å². The van der Waals surface area contributed by atoms with Crippen molar-refractivity contribution >= 4 is 5.97 Å². The van der Waals surface area contributed by atoms with Crippen molar-refractivity contribution in [3.8, 4) is 0 Å². The van der Waals surface area contributed by atoms with Gasteiger partial charge in [-0.3, -0.25) is 9.69 Å². The van der Waals surface area contributed by atoms with Crippen molar-refractivity contribution < 1.29 is 14.6 Å². The molecule has 1 N–H and O–H groups in total. The first-order valence-electron chi connectivity index (χ1n) is 5.65. The number of methoxy groups -OCH3 is 1. The van der Waals surface area contributed by atoms with E-state index < -0.39 is 12.0 Å². The van der Waals surface area contributed by atoms with Gasteiger partial charge < -0.3 is 14.7 Å². The summed E-state index contributed by atoms with van der Waals surface area (Å²) in [6.45, 7) is 3.24. The van der Waals surface area contributed by atoms with Crippen LogP contribution >= 0.6 is 0 Å². The highest BCUT2D eigenvalue weighted by atomic mass is 16.5. The number of hydrogen-bond donors (Lipinski definition) is 1.